The summed E-state index contributed by atoms with van der Waals surface area (Å²) in [7, 11) is 3.09. The number of methoxy groups -OCH3 is 2. The predicted octanol–water partition coefficient (Wildman–Crippen LogP) is 7.60. The van der Waals surface area contributed by atoms with E-state index in [1.165, 1.54) is 0 Å². The lowest BCUT2D eigenvalue weighted by atomic mass is 9.83. The van der Waals surface area contributed by atoms with Crippen molar-refractivity contribution < 1.29 is 47.6 Å². The van der Waals surface area contributed by atoms with Gasteiger partial charge in [-0.05, 0) is 75.6 Å². The maximum absolute atomic E-state index is 13.9. The molecule has 1 aliphatic carbocycles. The third-order valence-electron chi connectivity index (χ3n) is 12.0. The van der Waals surface area contributed by atoms with Crippen LogP contribution in [0, 0.1) is 0 Å². The minimum absolute atomic E-state index is 0.00656. The molecule has 0 bridgehead atoms. The van der Waals surface area contributed by atoms with Crippen LogP contribution in [-0.4, -0.2) is 111 Å². The van der Waals surface area contributed by atoms with Gasteiger partial charge in [0.1, 0.15) is 11.5 Å². The van der Waals surface area contributed by atoms with Crippen molar-refractivity contribution in [2.24, 2.45) is 9.98 Å². The van der Waals surface area contributed by atoms with E-state index in [2.05, 4.69) is 9.98 Å². The first-order valence-corrected chi connectivity index (χ1v) is 21.4. The van der Waals surface area contributed by atoms with Crippen LogP contribution >= 0.6 is 0 Å². The Kier molecular flexibility index (Phi) is 11.6. The molecular weight excluding hydrogens is 793 g/mol. The van der Waals surface area contributed by atoms with Crippen molar-refractivity contribution in [2.45, 2.75) is 63.5 Å². The van der Waals surface area contributed by atoms with Crippen LogP contribution in [-0.2, 0) is 0 Å². The van der Waals surface area contributed by atoms with E-state index < -0.39 is 0 Å². The Hall–Kier alpha value is -6.70. The van der Waals surface area contributed by atoms with Crippen LogP contribution in [0.25, 0.3) is 0 Å². The summed E-state index contributed by atoms with van der Waals surface area (Å²) in [6, 6.07) is 17.1. The van der Waals surface area contributed by atoms with Gasteiger partial charge >= 0.3 is 0 Å². The summed E-state index contributed by atoms with van der Waals surface area (Å²) in [5.41, 5.74) is 3.14. The Balaban J connectivity index is 0.809. The molecule has 9 rings (SSSR count). The van der Waals surface area contributed by atoms with E-state index in [9.17, 15) is 19.2 Å². The highest BCUT2D eigenvalue weighted by Crippen LogP contribution is 2.41. The van der Waals surface area contributed by atoms with Crippen LogP contribution in [0.3, 0.4) is 0 Å². The first kappa shape index (κ1) is 40.7. The largest absolute Gasteiger partial charge is 0.493 e. The van der Waals surface area contributed by atoms with E-state index >= 15 is 0 Å². The molecule has 14 nitrogen and oxygen atoms in total. The maximum atomic E-state index is 13.9. The summed E-state index contributed by atoms with van der Waals surface area (Å²) >= 11 is 0. The number of carbonyl (C=O) groups is 4. The van der Waals surface area contributed by atoms with Gasteiger partial charge in [0.2, 0.25) is 0 Å². The number of nitrogens with zero attached hydrogens (tertiary/aromatic N) is 4. The summed E-state index contributed by atoms with van der Waals surface area (Å²) in [6.45, 7) is 2.66. The zero-order chi connectivity index (χ0) is 42.7. The average Bonchev–Trinajstić information content (AvgIpc) is 3.93. The first-order chi connectivity index (χ1) is 30.3. The molecule has 2 fully saturated rings. The highest BCUT2D eigenvalue weighted by molar-refractivity contribution is 6.30. The molecule has 14 heteroatoms. The van der Waals surface area contributed by atoms with Crippen LogP contribution in [0.4, 0.5) is 11.4 Å². The maximum Gasteiger partial charge on any atom is 0.256 e. The third kappa shape index (κ3) is 7.73. The highest BCUT2D eigenvalue weighted by Gasteiger charge is 2.36. The molecule has 2 amide bonds. The van der Waals surface area contributed by atoms with Crippen LogP contribution in [0.15, 0.2) is 70.6 Å². The van der Waals surface area contributed by atoms with Crippen molar-refractivity contribution in [3.63, 3.8) is 0 Å². The van der Waals surface area contributed by atoms with Crippen LogP contribution < -0.4 is 28.4 Å². The van der Waals surface area contributed by atoms with E-state index in [1.807, 2.05) is 22.2 Å². The number of unbranched alkanes of at least 4 members (excludes halogenated alkanes) is 2. The van der Waals surface area contributed by atoms with E-state index in [0.717, 1.165) is 25.7 Å². The lowest BCUT2D eigenvalue weighted by molar-refractivity contribution is 0.0766. The van der Waals surface area contributed by atoms with E-state index in [4.69, 9.17) is 28.4 Å². The van der Waals surface area contributed by atoms with Gasteiger partial charge in [0.25, 0.3) is 11.8 Å². The summed E-state index contributed by atoms with van der Waals surface area (Å²) in [4.78, 5) is 67.3. The summed E-state index contributed by atoms with van der Waals surface area (Å²) in [5, 5.41) is 0. The zero-order valence-corrected chi connectivity index (χ0v) is 34.9. The Bertz CT molecular complexity index is 2330. The molecule has 2 saturated heterocycles. The Morgan fingerprint density at radius 1 is 0.516 bits per heavy atom. The molecule has 0 N–H and O–H groups in total. The number of aliphatic imine (C=N–C) groups is 2. The van der Waals surface area contributed by atoms with E-state index in [-0.39, 0.29) is 59.8 Å². The van der Waals surface area contributed by atoms with Crippen molar-refractivity contribution in [3.05, 3.63) is 94.0 Å². The topological polar surface area (TPSA) is 155 Å². The van der Waals surface area contributed by atoms with Gasteiger partial charge in [-0.2, -0.15) is 0 Å². The number of ketones is 2. The molecule has 2 atom stereocenters. The number of ether oxygens (including phenoxy) is 6. The van der Waals surface area contributed by atoms with Crippen LogP contribution in [0.1, 0.15) is 104 Å². The van der Waals surface area contributed by atoms with Gasteiger partial charge in [-0.3, -0.25) is 29.2 Å². The fourth-order valence-corrected chi connectivity index (χ4v) is 8.78. The van der Waals surface area contributed by atoms with Crippen molar-refractivity contribution in [3.8, 4) is 34.5 Å². The molecule has 4 heterocycles. The fourth-order valence-electron chi connectivity index (χ4n) is 8.78. The third-order valence-corrected chi connectivity index (χ3v) is 12.0. The molecule has 0 radical (unpaired) electrons. The average molecular weight is 841 g/mol. The molecule has 5 aliphatic rings. The standard InChI is InChI=1S/C48H48N4O10/c1-57-39-23-33-35(49-27-29-11-9-17-51(29)47(33)55)25-41(39)61-21-7-5-19-59-37-15-16-38(44-43(37)45(53)31-13-3-4-14-32(31)46(44)54)60-20-6-8-22-62-42-26-36-34(24-40(42)58-2)48(56)52-18-10-12-30(52)28-50-36/h3-4,13-16,23-30H,5-12,17-22H2,1-2H3. The Morgan fingerprint density at radius 3 is 1.32 bits per heavy atom. The Labute approximate surface area is 359 Å². The smallest absolute Gasteiger partial charge is 0.256 e. The van der Waals surface area contributed by atoms with E-state index in [1.54, 1.807) is 74.9 Å². The van der Waals surface area contributed by atoms with Gasteiger partial charge in [-0.25, -0.2) is 0 Å². The number of hydrogen-bond acceptors (Lipinski definition) is 12. The molecule has 4 aliphatic heterocycles. The van der Waals surface area contributed by atoms with Crippen LogP contribution in [0.5, 0.6) is 34.5 Å². The predicted molar refractivity (Wildman–Crippen MR) is 231 cm³/mol. The van der Waals surface area contributed by atoms with Crippen molar-refractivity contribution >= 4 is 47.2 Å². The van der Waals surface area contributed by atoms with Gasteiger partial charge in [-0.1, -0.05) is 24.3 Å². The number of fused-ring (bicyclic) bond motifs is 6. The molecule has 0 saturated carbocycles. The summed E-state index contributed by atoms with van der Waals surface area (Å²) in [5.74, 6) is 1.84. The SMILES string of the molecule is COc1cc2c(cc1OCCCCOc1ccc(OCCCCOc3cc4c(cc3OC)C(=O)N3CCCC3C=N4)c3c1C(=O)c1ccccc1C3=O)N=CC1CCCN1C2=O. The first-order valence-electron chi connectivity index (χ1n) is 21.4. The van der Waals surface area contributed by atoms with Gasteiger partial charge < -0.3 is 38.2 Å². The van der Waals surface area contributed by atoms with Crippen molar-refractivity contribution in [1.29, 1.82) is 0 Å². The molecule has 0 aromatic heterocycles. The van der Waals surface area contributed by atoms with Crippen molar-refractivity contribution in [1.82, 2.24) is 9.80 Å². The van der Waals surface area contributed by atoms with Gasteiger partial charge in [-0.15, -0.1) is 0 Å². The molecule has 4 aromatic rings. The number of benzene rings is 4. The number of hydrogen-bond donors (Lipinski definition) is 0. The monoisotopic (exact) mass is 840 g/mol. The number of carbonyl (C=O) groups excluding carboxylic acids is 4. The minimum atomic E-state index is -0.301. The second kappa shape index (κ2) is 17.7. The summed E-state index contributed by atoms with van der Waals surface area (Å²) < 4.78 is 35.7. The minimum Gasteiger partial charge on any atom is -0.493 e. The van der Waals surface area contributed by atoms with Crippen molar-refractivity contribution in [2.75, 3.05) is 53.7 Å². The zero-order valence-electron chi connectivity index (χ0n) is 34.9. The molecule has 0 spiro atoms. The molecular formula is C48H48N4O10. The fraction of sp³-hybridized carbons (Fsp3) is 0.375. The summed E-state index contributed by atoms with van der Waals surface area (Å²) in [6.07, 6.45) is 9.83. The quantitative estimate of drug-likeness (QED) is 0.0908. The number of amides is 2. The van der Waals surface area contributed by atoms with Gasteiger partial charge in [0, 0.05) is 48.8 Å². The second-order valence-corrected chi connectivity index (χ2v) is 15.8. The van der Waals surface area contributed by atoms with Gasteiger partial charge in [0.15, 0.2) is 34.6 Å². The van der Waals surface area contributed by atoms with Crippen LogP contribution in [0.2, 0.25) is 0 Å². The Morgan fingerprint density at radius 2 is 0.919 bits per heavy atom. The molecule has 4 aromatic carbocycles. The normalized spacial score (nSPS) is 18.2. The number of rotatable bonds is 16. The lowest BCUT2D eigenvalue weighted by Gasteiger charge is -2.23. The highest BCUT2D eigenvalue weighted by atomic mass is 16.5. The lowest BCUT2D eigenvalue weighted by Crippen LogP contribution is -2.35. The molecule has 2 unspecified atom stereocenters. The second-order valence-electron chi connectivity index (χ2n) is 15.8. The van der Waals surface area contributed by atoms with E-state index in [0.29, 0.717) is 120 Å². The molecule has 62 heavy (non-hydrogen) atoms. The van der Waals surface area contributed by atoms with Gasteiger partial charge in [0.05, 0.1) is 86.4 Å². The molecule has 320 valence electrons.